The summed E-state index contributed by atoms with van der Waals surface area (Å²) in [5, 5.41) is 76.3. The number of hydrogen-bond acceptors (Lipinski definition) is 13. The molecule has 0 fully saturated rings. The summed E-state index contributed by atoms with van der Waals surface area (Å²) >= 11 is 0. The number of hydrogen-bond donors (Lipinski definition) is 8. The lowest BCUT2D eigenvalue weighted by molar-refractivity contribution is 0.0382. The van der Waals surface area contributed by atoms with Gasteiger partial charge < -0.3 is 45.6 Å². The molecule has 0 spiro atoms. The minimum absolute atomic E-state index is 0.0778. The highest BCUT2D eigenvalue weighted by Crippen LogP contribution is 2.37. The van der Waals surface area contributed by atoms with E-state index in [1.54, 1.807) is 0 Å². The fraction of sp³-hybridized carbons (Fsp3) is 0. The first kappa shape index (κ1) is 23.9. The third-order valence-corrected chi connectivity index (χ3v) is 3.98. The number of carbonyl (C=O) groups excluding carboxylic acids is 2. The molecule has 0 saturated heterocycles. The number of rotatable bonds is 4. The van der Waals surface area contributed by atoms with E-state index in [2.05, 4.69) is 4.74 Å². The average molecular weight is 466 g/mol. The summed E-state index contributed by atoms with van der Waals surface area (Å²) in [6.45, 7) is 0. The van der Waals surface area contributed by atoms with E-state index in [4.69, 9.17) is 0 Å². The SMILES string of the molecule is O=C(O)c1cc(=O)c(O)c(O)c(O)c1C(=O)OC(=O)c1c(C(=O)O)cc(=O)c(O)c(O)c1O. The van der Waals surface area contributed by atoms with Crippen molar-refractivity contribution in [2.75, 3.05) is 0 Å². The van der Waals surface area contributed by atoms with Crippen molar-refractivity contribution in [2.45, 2.75) is 0 Å². The molecule has 15 nitrogen and oxygen atoms in total. The van der Waals surface area contributed by atoms with Gasteiger partial charge in [-0.3, -0.25) is 9.59 Å². The summed E-state index contributed by atoms with van der Waals surface area (Å²) in [5.74, 6) is -18.4. The van der Waals surface area contributed by atoms with Crippen LogP contribution in [0.2, 0.25) is 0 Å². The van der Waals surface area contributed by atoms with Crippen LogP contribution in [0, 0.1) is 0 Å². The summed E-state index contributed by atoms with van der Waals surface area (Å²) in [7, 11) is 0. The first-order valence-electron chi connectivity index (χ1n) is 8.08. The molecule has 0 aromatic heterocycles. The van der Waals surface area contributed by atoms with Crippen molar-refractivity contribution in [1.29, 1.82) is 0 Å². The molecular formula is C18H10O15. The van der Waals surface area contributed by atoms with E-state index in [1.165, 1.54) is 0 Å². The third kappa shape index (κ3) is 4.13. The van der Waals surface area contributed by atoms with Crippen molar-refractivity contribution in [3.8, 4) is 34.5 Å². The maximum atomic E-state index is 12.4. The molecule has 8 N–H and O–H groups in total. The quantitative estimate of drug-likeness (QED) is 0.199. The van der Waals surface area contributed by atoms with Gasteiger partial charge in [-0.2, -0.15) is 0 Å². The molecule has 0 aliphatic carbocycles. The number of carbonyl (C=O) groups is 4. The van der Waals surface area contributed by atoms with Gasteiger partial charge in [-0.1, -0.05) is 0 Å². The lowest BCUT2D eigenvalue weighted by Gasteiger charge is -2.08. The van der Waals surface area contributed by atoms with Gasteiger partial charge in [0.05, 0.1) is 11.1 Å². The monoisotopic (exact) mass is 466 g/mol. The molecule has 0 heterocycles. The summed E-state index contributed by atoms with van der Waals surface area (Å²) in [4.78, 5) is 70.9. The molecule has 0 atom stereocenters. The Morgan fingerprint density at radius 1 is 0.545 bits per heavy atom. The molecule has 0 bridgehead atoms. The van der Waals surface area contributed by atoms with Crippen molar-refractivity contribution in [3.63, 3.8) is 0 Å². The smallest absolute Gasteiger partial charge is 0.350 e. The Morgan fingerprint density at radius 3 is 1.12 bits per heavy atom. The van der Waals surface area contributed by atoms with Crippen LogP contribution in [-0.4, -0.2) is 64.7 Å². The summed E-state index contributed by atoms with van der Waals surface area (Å²) in [5.41, 5.74) is -9.02. The topological polar surface area (TPSA) is 273 Å². The number of carboxylic acid groups (broad SMARTS) is 2. The molecule has 0 saturated carbocycles. The lowest BCUT2D eigenvalue weighted by atomic mass is 10.1. The van der Waals surface area contributed by atoms with Crippen molar-refractivity contribution < 1.29 is 64.8 Å². The third-order valence-electron chi connectivity index (χ3n) is 3.98. The minimum Gasteiger partial charge on any atom is -0.504 e. The molecule has 0 unspecified atom stereocenters. The molecule has 15 heteroatoms. The normalized spacial score (nSPS) is 10.3. The fourth-order valence-electron chi connectivity index (χ4n) is 2.43. The number of esters is 2. The highest BCUT2D eigenvalue weighted by atomic mass is 16.6. The van der Waals surface area contributed by atoms with Crippen molar-refractivity contribution in [3.05, 3.63) is 54.8 Å². The van der Waals surface area contributed by atoms with Gasteiger partial charge in [0.15, 0.2) is 11.5 Å². The number of aromatic hydroxyl groups is 6. The lowest BCUT2D eigenvalue weighted by Crippen LogP contribution is -2.18. The minimum atomic E-state index is -2.14. The van der Waals surface area contributed by atoms with E-state index in [9.17, 15) is 69.6 Å². The molecule has 2 aromatic rings. The van der Waals surface area contributed by atoms with E-state index in [0.29, 0.717) is 0 Å². The second kappa shape index (κ2) is 8.42. The van der Waals surface area contributed by atoms with Gasteiger partial charge in [-0.15, -0.1) is 0 Å². The van der Waals surface area contributed by atoms with Gasteiger partial charge in [0.2, 0.25) is 33.9 Å². The molecular weight excluding hydrogens is 456 g/mol. The van der Waals surface area contributed by atoms with Crippen LogP contribution in [-0.2, 0) is 4.74 Å². The van der Waals surface area contributed by atoms with Gasteiger partial charge in [0, 0.05) is 12.1 Å². The van der Waals surface area contributed by atoms with Crippen molar-refractivity contribution >= 4 is 23.9 Å². The van der Waals surface area contributed by atoms with Gasteiger partial charge in [0.1, 0.15) is 11.1 Å². The maximum Gasteiger partial charge on any atom is 0.350 e. The maximum absolute atomic E-state index is 12.4. The molecule has 0 radical (unpaired) electrons. The van der Waals surface area contributed by atoms with Gasteiger partial charge in [0.25, 0.3) is 0 Å². The Kier molecular flexibility index (Phi) is 6.11. The van der Waals surface area contributed by atoms with Crippen molar-refractivity contribution in [2.24, 2.45) is 0 Å². The number of aromatic carboxylic acids is 2. The van der Waals surface area contributed by atoms with Gasteiger partial charge >= 0.3 is 23.9 Å². The van der Waals surface area contributed by atoms with E-state index < -0.39 is 91.5 Å². The van der Waals surface area contributed by atoms with Crippen molar-refractivity contribution in [1.82, 2.24) is 0 Å². The second-order valence-corrected chi connectivity index (χ2v) is 5.97. The number of ether oxygens (including phenoxy) is 1. The second-order valence-electron chi connectivity index (χ2n) is 5.97. The zero-order chi connectivity index (χ0) is 25.4. The first-order chi connectivity index (χ1) is 15.2. The van der Waals surface area contributed by atoms with Crippen LogP contribution in [0.3, 0.4) is 0 Å². The largest absolute Gasteiger partial charge is 0.504 e. The predicted molar refractivity (Wildman–Crippen MR) is 99.1 cm³/mol. The molecule has 33 heavy (non-hydrogen) atoms. The predicted octanol–water partition coefficient (Wildman–Crippen LogP) is -0.966. The van der Waals surface area contributed by atoms with Crippen LogP contribution in [0.4, 0.5) is 0 Å². The highest BCUT2D eigenvalue weighted by Gasteiger charge is 2.32. The molecule has 0 aliphatic heterocycles. The van der Waals surface area contributed by atoms with E-state index in [0.717, 1.165) is 0 Å². The Morgan fingerprint density at radius 2 is 0.848 bits per heavy atom. The van der Waals surface area contributed by atoms with E-state index in [-0.39, 0.29) is 12.1 Å². The zero-order valence-electron chi connectivity index (χ0n) is 15.6. The van der Waals surface area contributed by atoms with E-state index in [1.807, 2.05) is 0 Å². The Bertz CT molecular complexity index is 1270. The first-order valence-corrected chi connectivity index (χ1v) is 8.08. The van der Waals surface area contributed by atoms with Crippen LogP contribution in [0.5, 0.6) is 34.5 Å². The standard InChI is InChI=1S/C18H10O15/c19-5-1-3(15(27)28)7(11(23)13(25)9(5)21)17(31)33-18(32)8-4(16(29)30)2-6(20)10(22)14(26)12(8)24/h1-2H,(H,27,28)(H,29,30)(H3,19,21,23,25)(H3,20,22,24,26). The Labute approximate surface area is 178 Å². The molecule has 2 aromatic carbocycles. The number of carboxylic acids is 2. The molecule has 172 valence electrons. The average Bonchev–Trinajstić information content (AvgIpc) is 2.87. The highest BCUT2D eigenvalue weighted by molar-refractivity contribution is 6.12. The summed E-state index contributed by atoms with van der Waals surface area (Å²) in [6, 6.07) is 0.156. The van der Waals surface area contributed by atoms with Crippen LogP contribution in [0.1, 0.15) is 41.4 Å². The molecule has 0 amide bonds. The summed E-state index contributed by atoms with van der Waals surface area (Å²) in [6.07, 6.45) is 0. The Hall–Kier alpha value is -5.34. The van der Waals surface area contributed by atoms with Crippen LogP contribution >= 0.6 is 0 Å². The summed E-state index contributed by atoms with van der Waals surface area (Å²) < 4.78 is 4.20. The van der Waals surface area contributed by atoms with Crippen LogP contribution < -0.4 is 10.9 Å². The van der Waals surface area contributed by atoms with Gasteiger partial charge in [-0.25, -0.2) is 19.2 Å². The van der Waals surface area contributed by atoms with Crippen LogP contribution in [0.25, 0.3) is 0 Å². The Balaban J connectivity index is 2.79. The fourth-order valence-corrected chi connectivity index (χ4v) is 2.43. The zero-order valence-corrected chi connectivity index (χ0v) is 15.6. The molecule has 2 rings (SSSR count). The van der Waals surface area contributed by atoms with Gasteiger partial charge in [-0.05, 0) is 0 Å². The molecule has 0 aliphatic rings. The van der Waals surface area contributed by atoms with Crippen LogP contribution in [0.15, 0.2) is 21.7 Å². The van der Waals surface area contributed by atoms with E-state index >= 15 is 0 Å².